The molecule has 0 aromatic rings. The van der Waals surface area contributed by atoms with E-state index < -0.39 is 0 Å². The fourth-order valence-electron chi connectivity index (χ4n) is 1.35. The van der Waals surface area contributed by atoms with Crippen LogP contribution in [0.4, 0.5) is 0 Å². The van der Waals surface area contributed by atoms with Gasteiger partial charge in [0.1, 0.15) is 0 Å². The zero-order valence-electron chi connectivity index (χ0n) is 7.50. The molecule has 0 aliphatic carbocycles. The van der Waals surface area contributed by atoms with E-state index >= 15 is 0 Å². The minimum atomic E-state index is 0.334. The van der Waals surface area contributed by atoms with Gasteiger partial charge in [0.25, 0.3) is 0 Å². The van der Waals surface area contributed by atoms with Crippen LogP contribution in [0.15, 0.2) is 17.1 Å². The molecule has 0 amide bonds. The maximum atomic E-state index is 8.54. The van der Waals surface area contributed by atoms with E-state index in [1.807, 2.05) is 0 Å². The lowest BCUT2D eigenvalue weighted by Gasteiger charge is -1.98. The van der Waals surface area contributed by atoms with E-state index in [-0.39, 0.29) is 0 Å². The van der Waals surface area contributed by atoms with E-state index in [4.69, 9.17) is 5.11 Å². The Balaban J connectivity index is 1.92. The summed E-state index contributed by atoms with van der Waals surface area (Å²) in [5.41, 5.74) is 1.25. The normalized spacial score (nSPS) is 15.2. The molecule has 0 spiro atoms. The van der Waals surface area contributed by atoms with Crippen molar-refractivity contribution < 1.29 is 5.11 Å². The van der Waals surface area contributed by atoms with Crippen LogP contribution in [-0.4, -0.2) is 24.0 Å². The van der Waals surface area contributed by atoms with E-state index in [1.165, 1.54) is 18.6 Å². The molecule has 0 unspecified atom stereocenters. The van der Waals surface area contributed by atoms with Crippen molar-refractivity contribution in [1.29, 1.82) is 0 Å². The monoisotopic (exact) mass is 167 g/mol. The lowest BCUT2D eigenvalue weighted by atomic mass is 10.1. The quantitative estimate of drug-likeness (QED) is 0.602. The van der Waals surface area contributed by atoms with E-state index in [9.17, 15) is 0 Å². The number of aliphatic hydroxyl groups excluding tert-OH is 1. The largest absolute Gasteiger partial charge is 0.396 e. The van der Waals surface area contributed by atoms with E-state index in [0.29, 0.717) is 6.61 Å². The second-order valence-corrected chi connectivity index (χ2v) is 3.12. The molecule has 0 atom stereocenters. The Morgan fingerprint density at radius 3 is 2.75 bits per heavy atom. The Hall–Kier alpha value is -0.630. The molecule has 68 valence electrons. The Labute approximate surface area is 74.0 Å². The predicted octanol–water partition coefficient (Wildman–Crippen LogP) is 1.94. The predicted molar refractivity (Wildman–Crippen MR) is 51.6 cm³/mol. The summed E-state index contributed by atoms with van der Waals surface area (Å²) in [4.78, 5) is 4.31. The van der Waals surface area contributed by atoms with Crippen molar-refractivity contribution >= 4 is 5.71 Å². The van der Waals surface area contributed by atoms with Crippen molar-refractivity contribution in [3.05, 3.63) is 12.2 Å². The minimum Gasteiger partial charge on any atom is -0.396 e. The molecule has 0 aromatic heterocycles. The smallest absolute Gasteiger partial charge is 0.0577 e. The van der Waals surface area contributed by atoms with Crippen molar-refractivity contribution in [2.45, 2.75) is 32.1 Å². The number of hydrogen-bond donors (Lipinski definition) is 1. The van der Waals surface area contributed by atoms with Gasteiger partial charge in [-0.2, -0.15) is 0 Å². The summed E-state index contributed by atoms with van der Waals surface area (Å²) in [6.45, 7) is 1.22. The van der Waals surface area contributed by atoms with Crippen molar-refractivity contribution in [2.24, 2.45) is 4.99 Å². The lowest BCUT2D eigenvalue weighted by molar-refractivity contribution is 0.283. The molecule has 2 heteroatoms. The second-order valence-electron chi connectivity index (χ2n) is 3.12. The van der Waals surface area contributed by atoms with Gasteiger partial charge in [0.2, 0.25) is 0 Å². The number of aliphatic imine (C=N–C) groups is 1. The molecular weight excluding hydrogens is 150 g/mol. The molecule has 1 rings (SSSR count). The number of nitrogens with zero attached hydrogens (tertiary/aromatic N) is 1. The molecule has 0 aromatic carbocycles. The highest BCUT2D eigenvalue weighted by Crippen LogP contribution is 2.06. The molecule has 0 saturated heterocycles. The van der Waals surface area contributed by atoms with Gasteiger partial charge in [0.15, 0.2) is 0 Å². The van der Waals surface area contributed by atoms with Gasteiger partial charge in [0.05, 0.1) is 6.54 Å². The summed E-state index contributed by atoms with van der Waals surface area (Å²) in [5.74, 6) is 0. The van der Waals surface area contributed by atoms with Crippen molar-refractivity contribution in [1.82, 2.24) is 0 Å². The van der Waals surface area contributed by atoms with Crippen LogP contribution in [0.25, 0.3) is 0 Å². The number of aliphatic hydroxyl groups is 1. The number of hydrogen-bond acceptors (Lipinski definition) is 2. The summed E-state index contributed by atoms with van der Waals surface area (Å²) >= 11 is 0. The highest BCUT2D eigenvalue weighted by Gasteiger charge is 1.98. The summed E-state index contributed by atoms with van der Waals surface area (Å²) in [7, 11) is 0. The Bertz CT molecular complexity index is 173. The Morgan fingerprint density at radius 2 is 2.08 bits per heavy atom. The van der Waals surface area contributed by atoms with Gasteiger partial charge in [0, 0.05) is 12.3 Å². The SMILES string of the molecule is OCCCCCCC1=NCC=C1. The molecule has 0 fully saturated rings. The van der Waals surface area contributed by atoms with Crippen LogP contribution in [0.2, 0.25) is 0 Å². The first-order valence-corrected chi connectivity index (χ1v) is 4.74. The standard InChI is InChI=1S/C10H17NO/c12-9-4-2-1-3-6-10-7-5-8-11-10/h5,7,12H,1-4,6,8-9H2. The van der Waals surface area contributed by atoms with Crippen LogP contribution >= 0.6 is 0 Å². The maximum absolute atomic E-state index is 8.54. The molecule has 0 bridgehead atoms. The fourth-order valence-corrected chi connectivity index (χ4v) is 1.35. The molecule has 12 heavy (non-hydrogen) atoms. The zero-order chi connectivity index (χ0) is 8.65. The highest BCUT2D eigenvalue weighted by molar-refractivity contribution is 5.96. The third-order valence-electron chi connectivity index (χ3n) is 2.05. The second kappa shape index (κ2) is 5.95. The molecule has 0 saturated carbocycles. The van der Waals surface area contributed by atoms with Gasteiger partial charge in [-0.25, -0.2) is 0 Å². The lowest BCUT2D eigenvalue weighted by Crippen LogP contribution is -1.91. The van der Waals surface area contributed by atoms with Gasteiger partial charge in [-0.05, 0) is 25.3 Å². The molecule has 2 nitrogen and oxygen atoms in total. The molecule has 1 aliphatic rings. The highest BCUT2D eigenvalue weighted by atomic mass is 16.2. The maximum Gasteiger partial charge on any atom is 0.0577 e. The van der Waals surface area contributed by atoms with Gasteiger partial charge in [-0.15, -0.1) is 0 Å². The van der Waals surface area contributed by atoms with Crippen molar-refractivity contribution in [2.75, 3.05) is 13.2 Å². The molecule has 1 N–H and O–H groups in total. The van der Waals surface area contributed by atoms with E-state index in [1.54, 1.807) is 0 Å². The van der Waals surface area contributed by atoms with Crippen molar-refractivity contribution in [3.8, 4) is 0 Å². The number of unbranched alkanes of at least 4 members (excludes halogenated alkanes) is 3. The van der Waals surface area contributed by atoms with Crippen LogP contribution in [-0.2, 0) is 0 Å². The third kappa shape index (κ3) is 3.67. The van der Waals surface area contributed by atoms with Crippen LogP contribution < -0.4 is 0 Å². The summed E-state index contributed by atoms with van der Waals surface area (Å²) in [6, 6.07) is 0. The molecular formula is C10H17NO. The average molecular weight is 167 g/mol. The fraction of sp³-hybridized carbons (Fsp3) is 0.700. The van der Waals surface area contributed by atoms with Crippen LogP contribution in [0.1, 0.15) is 32.1 Å². The first-order valence-electron chi connectivity index (χ1n) is 4.74. The van der Waals surface area contributed by atoms with Crippen molar-refractivity contribution in [3.63, 3.8) is 0 Å². The van der Waals surface area contributed by atoms with E-state index in [0.717, 1.165) is 25.8 Å². The summed E-state index contributed by atoms with van der Waals surface area (Å²) < 4.78 is 0. The van der Waals surface area contributed by atoms with Gasteiger partial charge >= 0.3 is 0 Å². The summed E-state index contributed by atoms with van der Waals surface area (Å²) in [5, 5.41) is 8.54. The Kier molecular flexibility index (Phi) is 4.69. The molecule has 1 heterocycles. The van der Waals surface area contributed by atoms with Crippen LogP contribution in [0.3, 0.4) is 0 Å². The van der Waals surface area contributed by atoms with Gasteiger partial charge in [-0.3, -0.25) is 4.99 Å². The molecule has 0 radical (unpaired) electrons. The van der Waals surface area contributed by atoms with E-state index in [2.05, 4.69) is 17.1 Å². The summed E-state index contributed by atoms with van der Waals surface area (Å²) in [6.07, 6.45) is 9.85. The van der Waals surface area contributed by atoms with Gasteiger partial charge in [-0.1, -0.05) is 18.9 Å². The topological polar surface area (TPSA) is 32.6 Å². The first-order chi connectivity index (χ1) is 5.93. The minimum absolute atomic E-state index is 0.334. The van der Waals surface area contributed by atoms with Crippen LogP contribution in [0, 0.1) is 0 Å². The number of allylic oxidation sites excluding steroid dienone is 1. The third-order valence-corrected chi connectivity index (χ3v) is 2.05. The van der Waals surface area contributed by atoms with Crippen LogP contribution in [0.5, 0.6) is 0 Å². The average Bonchev–Trinajstić information content (AvgIpc) is 2.57. The number of rotatable bonds is 6. The first kappa shape index (κ1) is 9.46. The Morgan fingerprint density at radius 1 is 1.25 bits per heavy atom. The molecule has 1 aliphatic heterocycles. The van der Waals surface area contributed by atoms with Gasteiger partial charge < -0.3 is 5.11 Å². The zero-order valence-corrected chi connectivity index (χ0v) is 7.50.